The van der Waals surface area contributed by atoms with E-state index in [1.807, 2.05) is 24.3 Å². The van der Waals surface area contributed by atoms with Crippen molar-refractivity contribution in [1.82, 2.24) is 29.7 Å². The number of rotatable bonds is 6. The van der Waals surface area contributed by atoms with Crippen LogP contribution in [0.4, 0.5) is 0 Å². The van der Waals surface area contributed by atoms with Crippen LogP contribution >= 0.6 is 11.3 Å². The highest BCUT2D eigenvalue weighted by Gasteiger charge is 2.53. The molecule has 3 unspecified atom stereocenters. The molecule has 4 heterocycles. The summed E-state index contributed by atoms with van der Waals surface area (Å²) in [6, 6.07) is 7.53. The van der Waals surface area contributed by atoms with Crippen LogP contribution in [0.1, 0.15) is 16.9 Å². The Bertz CT molecular complexity index is 1360. The maximum absolute atomic E-state index is 13.0. The lowest BCUT2D eigenvalue weighted by Crippen LogP contribution is -2.43. The molecule has 3 atom stereocenters. The fraction of sp³-hybridized carbons (Fsp3) is 0.391. The van der Waals surface area contributed by atoms with Gasteiger partial charge in [-0.15, -0.1) is 11.3 Å². The molecule has 170 valence electrons. The summed E-state index contributed by atoms with van der Waals surface area (Å²) in [6.45, 7) is 4.04. The number of benzene rings is 1. The molecule has 1 aliphatic carbocycles. The van der Waals surface area contributed by atoms with E-state index in [9.17, 15) is 9.59 Å². The standard InChI is InChI=1S/C23H25N7O2S/c1-28-17-4-2-3-5-18(17)30(22(28)32)21-26-16(13-33-21)20(31)27-19-8-23(19,6-7-24)29-11-14-9-25-10-15(14)12-29/h2-5,7-8,13-15,24-25H,6,9-12H2,1H3,(H,27,31). The molecule has 2 saturated heterocycles. The van der Waals surface area contributed by atoms with Crippen molar-refractivity contribution >= 4 is 34.5 Å². The summed E-state index contributed by atoms with van der Waals surface area (Å²) < 4.78 is 3.13. The molecule has 2 aromatic heterocycles. The van der Waals surface area contributed by atoms with Gasteiger partial charge in [0.2, 0.25) is 0 Å². The lowest BCUT2D eigenvalue weighted by Gasteiger charge is -2.29. The van der Waals surface area contributed by atoms with Crippen molar-refractivity contribution in [3.8, 4) is 5.13 Å². The minimum Gasteiger partial charge on any atom is -0.322 e. The normalized spacial score (nSPS) is 26.4. The Morgan fingerprint density at radius 1 is 1.30 bits per heavy atom. The van der Waals surface area contributed by atoms with E-state index in [-0.39, 0.29) is 22.8 Å². The summed E-state index contributed by atoms with van der Waals surface area (Å²) in [6.07, 6.45) is 4.05. The SMILES string of the molecule is Cn1c(=O)n(-c2nc(C(=O)NC3=CC3(CC=N)N3CC4CNCC4C3)cs2)c2ccccc21. The zero-order valence-corrected chi connectivity index (χ0v) is 19.1. The van der Waals surface area contributed by atoms with E-state index in [1.165, 1.54) is 17.6 Å². The van der Waals surface area contributed by atoms with Gasteiger partial charge in [0, 0.05) is 37.6 Å². The van der Waals surface area contributed by atoms with Gasteiger partial charge in [-0.05, 0) is 49.3 Å². The Morgan fingerprint density at radius 2 is 2.03 bits per heavy atom. The molecule has 2 fully saturated rings. The van der Waals surface area contributed by atoms with Crippen LogP contribution in [0.25, 0.3) is 16.2 Å². The summed E-state index contributed by atoms with van der Waals surface area (Å²) >= 11 is 1.27. The lowest BCUT2D eigenvalue weighted by atomic mass is 10.0. The maximum atomic E-state index is 13.0. The first-order valence-corrected chi connectivity index (χ1v) is 12.0. The summed E-state index contributed by atoms with van der Waals surface area (Å²) in [5, 5.41) is 16.3. The highest BCUT2D eigenvalue weighted by Crippen LogP contribution is 2.45. The monoisotopic (exact) mass is 463 g/mol. The predicted octanol–water partition coefficient (Wildman–Crippen LogP) is 1.34. The molecule has 9 nitrogen and oxygen atoms in total. The number of nitrogens with one attached hydrogen (secondary N) is 3. The number of amides is 1. The predicted molar refractivity (Wildman–Crippen MR) is 127 cm³/mol. The Morgan fingerprint density at radius 3 is 2.76 bits per heavy atom. The van der Waals surface area contributed by atoms with Gasteiger partial charge < -0.3 is 16.0 Å². The maximum Gasteiger partial charge on any atom is 0.335 e. The summed E-state index contributed by atoms with van der Waals surface area (Å²) in [7, 11) is 1.73. The van der Waals surface area contributed by atoms with Gasteiger partial charge in [-0.2, -0.15) is 0 Å². The van der Waals surface area contributed by atoms with Crippen LogP contribution in [0.3, 0.4) is 0 Å². The van der Waals surface area contributed by atoms with E-state index < -0.39 is 0 Å². The number of para-hydroxylation sites is 2. The van der Waals surface area contributed by atoms with Gasteiger partial charge in [-0.25, -0.2) is 14.3 Å². The molecule has 3 aromatic rings. The zero-order chi connectivity index (χ0) is 22.7. The Labute approximate surface area is 194 Å². The molecule has 10 heteroatoms. The molecule has 0 radical (unpaired) electrons. The third-order valence-corrected chi connectivity index (χ3v) is 8.09. The smallest absolute Gasteiger partial charge is 0.322 e. The fourth-order valence-corrected chi connectivity index (χ4v) is 6.19. The van der Waals surface area contributed by atoms with Crippen molar-refractivity contribution in [2.24, 2.45) is 18.9 Å². The van der Waals surface area contributed by atoms with Crippen molar-refractivity contribution in [3.63, 3.8) is 0 Å². The number of hydrogen-bond acceptors (Lipinski definition) is 7. The summed E-state index contributed by atoms with van der Waals surface area (Å²) in [5.74, 6) is 0.988. The molecule has 33 heavy (non-hydrogen) atoms. The highest BCUT2D eigenvalue weighted by molar-refractivity contribution is 7.12. The topological polar surface area (TPSA) is 108 Å². The molecule has 0 spiro atoms. The molecule has 1 aromatic carbocycles. The first-order chi connectivity index (χ1) is 16.0. The molecule has 2 aliphatic heterocycles. The molecule has 3 N–H and O–H groups in total. The van der Waals surface area contributed by atoms with Gasteiger partial charge in [0.15, 0.2) is 5.13 Å². The molecular weight excluding hydrogens is 438 g/mol. The van der Waals surface area contributed by atoms with E-state index >= 15 is 0 Å². The second kappa shape index (κ2) is 7.47. The van der Waals surface area contributed by atoms with Gasteiger partial charge in [-0.3, -0.25) is 14.3 Å². The minimum absolute atomic E-state index is 0.193. The number of fused-ring (bicyclic) bond motifs is 2. The number of hydrogen-bond donors (Lipinski definition) is 3. The van der Waals surface area contributed by atoms with Crippen molar-refractivity contribution in [2.45, 2.75) is 12.0 Å². The number of thiazole rings is 1. The summed E-state index contributed by atoms with van der Waals surface area (Å²) in [5.41, 5.74) is 2.16. The zero-order valence-electron chi connectivity index (χ0n) is 18.2. The Balaban J connectivity index is 1.21. The molecule has 3 aliphatic rings. The van der Waals surface area contributed by atoms with Crippen LogP contribution in [0.15, 0.2) is 46.2 Å². The Kier molecular flexibility index (Phi) is 4.65. The number of aryl methyl sites for hydroxylation is 1. The number of nitrogens with zero attached hydrogens (tertiary/aromatic N) is 4. The van der Waals surface area contributed by atoms with E-state index in [2.05, 4.69) is 26.6 Å². The Hall–Kier alpha value is -3.08. The van der Waals surface area contributed by atoms with Crippen molar-refractivity contribution in [1.29, 1.82) is 5.41 Å². The summed E-state index contributed by atoms with van der Waals surface area (Å²) in [4.78, 5) is 32.7. The van der Waals surface area contributed by atoms with E-state index in [0.29, 0.717) is 23.4 Å². The average Bonchev–Trinajstić information content (AvgIpc) is 3.28. The van der Waals surface area contributed by atoms with E-state index in [1.54, 1.807) is 21.6 Å². The highest BCUT2D eigenvalue weighted by atomic mass is 32.1. The quantitative estimate of drug-likeness (QED) is 0.478. The van der Waals surface area contributed by atoms with Gasteiger partial charge in [0.05, 0.1) is 16.6 Å². The molecule has 0 bridgehead atoms. The van der Waals surface area contributed by atoms with Gasteiger partial charge in [0.1, 0.15) is 5.69 Å². The van der Waals surface area contributed by atoms with Crippen LogP contribution in [0.5, 0.6) is 0 Å². The first kappa shape index (κ1) is 20.5. The number of carbonyl (C=O) groups excluding carboxylic acids is 1. The van der Waals surface area contributed by atoms with Gasteiger partial charge >= 0.3 is 5.69 Å². The second-order valence-electron chi connectivity index (χ2n) is 9.11. The van der Waals surface area contributed by atoms with Gasteiger partial charge in [0.25, 0.3) is 5.91 Å². The van der Waals surface area contributed by atoms with Crippen molar-refractivity contribution < 1.29 is 4.79 Å². The number of carbonyl (C=O) groups is 1. The van der Waals surface area contributed by atoms with Crippen LogP contribution in [-0.2, 0) is 7.05 Å². The molecular formula is C23H25N7O2S. The van der Waals surface area contributed by atoms with Crippen LogP contribution in [0, 0.1) is 17.2 Å². The largest absolute Gasteiger partial charge is 0.335 e. The van der Waals surface area contributed by atoms with E-state index in [0.717, 1.165) is 42.9 Å². The number of likely N-dealkylation sites (tertiary alicyclic amines) is 1. The molecule has 6 rings (SSSR count). The van der Waals surface area contributed by atoms with Crippen molar-refractivity contribution in [2.75, 3.05) is 26.2 Å². The van der Waals surface area contributed by atoms with Crippen LogP contribution in [0.2, 0.25) is 0 Å². The van der Waals surface area contributed by atoms with E-state index in [4.69, 9.17) is 5.41 Å². The fourth-order valence-electron chi connectivity index (χ4n) is 5.38. The van der Waals surface area contributed by atoms with Crippen LogP contribution in [-0.4, -0.2) is 62.9 Å². The lowest BCUT2D eigenvalue weighted by molar-refractivity contribution is 0.0955. The van der Waals surface area contributed by atoms with Gasteiger partial charge in [-0.1, -0.05) is 12.1 Å². The second-order valence-corrected chi connectivity index (χ2v) is 9.95. The number of imidazole rings is 1. The minimum atomic E-state index is -0.354. The third-order valence-electron chi connectivity index (χ3n) is 7.26. The first-order valence-electron chi connectivity index (χ1n) is 11.1. The van der Waals surface area contributed by atoms with Crippen LogP contribution < -0.4 is 16.3 Å². The average molecular weight is 464 g/mol. The third kappa shape index (κ3) is 3.12. The number of aromatic nitrogens is 3. The molecule has 1 amide bonds. The molecule has 0 saturated carbocycles. The van der Waals surface area contributed by atoms with Crippen molar-refractivity contribution in [3.05, 3.63) is 57.6 Å².